The fourth-order valence-electron chi connectivity index (χ4n) is 2.90. The summed E-state index contributed by atoms with van der Waals surface area (Å²) in [4.78, 5) is 23.7. The second-order valence-electron chi connectivity index (χ2n) is 6.27. The van der Waals surface area contributed by atoms with Crippen molar-refractivity contribution in [2.75, 3.05) is 0 Å². The molecule has 3 atom stereocenters. The van der Waals surface area contributed by atoms with E-state index < -0.39 is 11.5 Å². The van der Waals surface area contributed by atoms with Gasteiger partial charge in [0.2, 0.25) is 5.91 Å². The van der Waals surface area contributed by atoms with E-state index in [9.17, 15) is 19.1 Å². The van der Waals surface area contributed by atoms with Gasteiger partial charge in [-0.2, -0.15) is 0 Å². The Bertz CT molecular complexity index is 582. The third kappa shape index (κ3) is 2.64. The van der Waals surface area contributed by atoms with Gasteiger partial charge in [-0.1, -0.05) is 12.1 Å². The van der Waals surface area contributed by atoms with Gasteiger partial charge in [-0.3, -0.25) is 4.79 Å². The van der Waals surface area contributed by atoms with Crippen LogP contribution >= 0.6 is 0 Å². The van der Waals surface area contributed by atoms with Gasteiger partial charge < -0.3 is 10.4 Å². The molecular weight excluding hydrogens is 273 g/mol. The van der Waals surface area contributed by atoms with E-state index in [0.29, 0.717) is 6.42 Å². The predicted molar refractivity (Wildman–Crippen MR) is 74.2 cm³/mol. The van der Waals surface area contributed by atoms with Crippen molar-refractivity contribution in [2.24, 2.45) is 11.8 Å². The van der Waals surface area contributed by atoms with Crippen LogP contribution < -0.4 is 5.32 Å². The fourth-order valence-corrected chi connectivity index (χ4v) is 2.90. The van der Waals surface area contributed by atoms with Crippen LogP contribution in [0.3, 0.4) is 0 Å². The van der Waals surface area contributed by atoms with Crippen molar-refractivity contribution >= 4 is 11.9 Å². The van der Waals surface area contributed by atoms with Crippen LogP contribution in [0.25, 0.3) is 0 Å². The van der Waals surface area contributed by atoms with Crippen molar-refractivity contribution in [3.63, 3.8) is 0 Å². The first-order valence-corrected chi connectivity index (χ1v) is 7.22. The molecule has 2 aliphatic carbocycles. The number of carbonyl (C=O) groups excluding carboxylic acids is 1. The minimum absolute atomic E-state index is 0.0296. The van der Waals surface area contributed by atoms with E-state index >= 15 is 0 Å². The molecule has 4 nitrogen and oxygen atoms in total. The third-order valence-electron chi connectivity index (χ3n) is 4.65. The van der Waals surface area contributed by atoms with Gasteiger partial charge in [-0.25, -0.2) is 9.18 Å². The Morgan fingerprint density at radius 3 is 2.43 bits per heavy atom. The number of aliphatic carboxylic acids is 1. The van der Waals surface area contributed by atoms with Crippen molar-refractivity contribution in [1.82, 2.24) is 5.32 Å². The number of hydrogen-bond acceptors (Lipinski definition) is 2. The second-order valence-corrected chi connectivity index (χ2v) is 6.27. The van der Waals surface area contributed by atoms with Gasteiger partial charge in [0.25, 0.3) is 0 Å². The van der Waals surface area contributed by atoms with Gasteiger partial charge in [0.15, 0.2) is 0 Å². The summed E-state index contributed by atoms with van der Waals surface area (Å²) in [6.07, 6.45) is 2.38. The van der Waals surface area contributed by atoms with E-state index in [4.69, 9.17) is 0 Å². The van der Waals surface area contributed by atoms with Gasteiger partial charge in [-0.05, 0) is 55.7 Å². The zero-order valence-electron chi connectivity index (χ0n) is 11.8. The maximum Gasteiger partial charge on any atom is 0.329 e. The van der Waals surface area contributed by atoms with Gasteiger partial charge in [0, 0.05) is 5.92 Å². The van der Waals surface area contributed by atoms with E-state index in [2.05, 4.69) is 5.32 Å². The lowest BCUT2D eigenvalue weighted by atomic mass is 9.95. The molecule has 0 unspecified atom stereocenters. The summed E-state index contributed by atoms with van der Waals surface area (Å²) in [5, 5.41) is 12.1. The fraction of sp³-hybridized carbons (Fsp3) is 0.500. The maximum absolute atomic E-state index is 12.9. The summed E-state index contributed by atoms with van der Waals surface area (Å²) in [6.45, 7) is 1.58. The molecule has 0 aromatic heterocycles. The minimum atomic E-state index is -1.16. The van der Waals surface area contributed by atoms with Gasteiger partial charge in [-0.15, -0.1) is 0 Å². The average Bonchev–Trinajstić information content (AvgIpc) is 3.30. The van der Waals surface area contributed by atoms with Crippen LogP contribution in [0.2, 0.25) is 0 Å². The molecule has 112 valence electrons. The summed E-state index contributed by atoms with van der Waals surface area (Å²) in [5.41, 5.74) is -0.229. The number of carboxylic acid groups (broad SMARTS) is 1. The minimum Gasteiger partial charge on any atom is -0.480 e. The molecule has 0 radical (unpaired) electrons. The largest absolute Gasteiger partial charge is 0.480 e. The number of nitrogens with one attached hydrogen (secondary N) is 1. The zero-order valence-corrected chi connectivity index (χ0v) is 11.8. The number of amides is 1. The highest BCUT2D eigenvalue weighted by Gasteiger charge is 2.52. The normalized spacial score (nSPS) is 26.8. The van der Waals surface area contributed by atoms with E-state index in [1.54, 1.807) is 19.1 Å². The number of carbonyl (C=O) groups is 2. The summed E-state index contributed by atoms with van der Waals surface area (Å²) < 4.78 is 12.9. The Morgan fingerprint density at radius 1 is 1.29 bits per heavy atom. The van der Waals surface area contributed by atoms with E-state index in [1.807, 2.05) is 0 Å². The first kappa shape index (κ1) is 14.0. The SMILES string of the molecule is C[C@](NC(=O)[C@H]1C[C@@H]1c1ccc(F)cc1)(C(=O)O)C1CC1. The van der Waals surface area contributed by atoms with E-state index in [0.717, 1.165) is 18.4 Å². The molecule has 1 amide bonds. The van der Waals surface area contributed by atoms with Crippen LogP contribution in [0.5, 0.6) is 0 Å². The standard InChI is InChI=1S/C16H18FNO3/c1-16(15(20)21,10-4-5-10)18-14(19)13-8-12(13)9-2-6-11(17)7-3-9/h2-3,6-7,10,12-13H,4-5,8H2,1H3,(H,18,19)(H,20,21)/t12-,13+,16-/m1/s1. The highest BCUT2D eigenvalue weighted by Crippen LogP contribution is 2.48. The van der Waals surface area contributed by atoms with Crippen LogP contribution in [0.4, 0.5) is 4.39 Å². The molecule has 1 aromatic carbocycles. The van der Waals surface area contributed by atoms with Crippen molar-refractivity contribution in [3.05, 3.63) is 35.6 Å². The number of hydrogen-bond donors (Lipinski definition) is 2. The Morgan fingerprint density at radius 2 is 1.90 bits per heavy atom. The lowest BCUT2D eigenvalue weighted by Gasteiger charge is -2.26. The maximum atomic E-state index is 12.9. The van der Waals surface area contributed by atoms with Crippen molar-refractivity contribution in [3.8, 4) is 0 Å². The molecule has 0 saturated heterocycles. The molecule has 0 spiro atoms. The average molecular weight is 291 g/mol. The summed E-state index contributed by atoms with van der Waals surface area (Å²) in [6, 6.07) is 6.14. The van der Waals surface area contributed by atoms with Crippen LogP contribution in [-0.2, 0) is 9.59 Å². The number of rotatable bonds is 5. The molecule has 0 heterocycles. The molecular formula is C16H18FNO3. The van der Waals surface area contributed by atoms with Crippen molar-refractivity contribution in [1.29, 1.82) is 0 Å². The highest BCUT2D eigenvalue weighted by molar-refractivity contribution is 5.90. The molecule has 0 aliphatic heterocycles. The van der Waals surface area contributed by atoms with Crippen LogP contribution in [0.1, 0.15) is 37.7 Å². The molecule has 2 N–H and O–H groups in total. The molecule has 5 heteroatoms. The van der Waals surface area contributed by atoms with Gasteiger partial charge in [0.1, 0.15) is 11.4 Å². The summed E-state index contributed by atoms with van der Waals surface area (Å²) in [7, 11) is 0. The molecule has 3 rings (SSSR count). The number of carboxylic acids is 1. The van der Waals surface area contributed by atoms with Crippen LogP contribution in [0, 0.1) is 17.7 Å². The first-order valence-electron chi connectivity index (χ1n) is 7.22. The monoisotopic (exact) mass is 291 g/mol. The summed E-state index contributed by atoms with van der Waals surface area (Å²) in [5.74, 6) is -1.58. The Balaban J connectivity index is 1.65. The number of benzene rings is 1. The molecule has 2 fully saturated rings. The molecule has 1 aromatic rings. The lowest BCUT2D eigenvalue weighted by Crippen LogP contribution is -2.54. The molecule has 2 aliphatic rings. The Hall–Kier alpha value is -1.91. The van der Waals surface area contributed by atoms with Crippen LogP contribution in [-0.4, -0.2) is 22.5 Å². The van der Waals surface area contributed by atoms with Crippen molar-refractivity contribution < 1.29 is 19.1 Å². The van der Waals surface area contributed by atoms with E-state index in [1.165, 1.54) is 12.1 Å². The molecule has 0 bridgehead atoms. The quantitative estimate of drug-likeness (QED) is 0.874. The molecule has 2 saturated carbocycles. The molecule has 21 heavy (non-hydrogen) atoms. The topological polar surface area (TPSA) is 66.4 Å². The Kier molecular flexibility index (Phi) is 3.23. The van der Waals surface area contributed by atoms with Crippen molar-refractivity contribution in [2.45, 2.75) is 37.6 Å². The van der Waals surface area contributed by atoms with Gasteiger partial charge in [0.05, 0.1) is 0 Å². The summed E-state index contributed by atoms with van der Waals surface area (Å²) >= 11 is 0. The smallest absolute Gasteiger partial charge is 0.329 e. The first-order chi connectivity index (χ1) is 9.91. The highest BCUT2D eigenvalue weighted by atomic mass is 19.1. The number of halogens is 1. The third-order valence-corrected chi connectivity index (χ3v) is 4.65. The predicted octanol–water partition coefficient (Wildman–Crippen LogP) is 2.30. The van der Waals surface area contributed by atoms with Gasteiger partial charge >= 0.3 is 5.97 Å². The van der Waals surface area contributed by atoms with Crippen LogP contribution in [0.15, 0.2) is 24.3 Å². The second kappa shape index (κ2) is 4.83. The lowest BCUT2D eigenvalue weighted by molar-refractivity contribution is -0.148. The Labute approximate surface area is 122 Å². The van der Waals surface area contributed by atoms with E-state index in [-0.39, 0.29) is 29.5 Å². The zero-order chi connectivity index (χ0) is 15.2.